The van der Waals surface area contributed by atoms with E-state index in [1.807, 2.05) is 18.2 Å². The molecule has 7 heteroatoms. The number of rotatable bonds is 3. The first-order chi connectivity index (χ1) is 11.6. The van der Waals surface area contributed by atoms with Crippen LogP contribution in [0.5, 0.6) is 0 Å². The molecule has 2 N–H and O–H groups in total. The molecule has 5 nitrogen and oxygen atoms in total. The first-order valence-electron chi connectivity index (χ1n) is 8.36. The van der Waals surface area contributed by atoms with Crippen molar-refractivity contribution in [1.29, 1.82) is 0 Å². The van der Waals surface area contributed by atoms with Gasteiger partial charge in [0.1, 0.15) is 0 Å². The van der Waals surface area contributed by atoms with Gasteiger partial charge < -0.3 is 10.3 Å². The van der Waals surface area contributed by atoms with E-state index in [9.17, 15) is 0 Å². The van der Waals surface area contributed by atoms with Crippen LogP contribution in [-0.4, -0.2) is 15.1 Å². The smallest absolute Gasteiger partial charge is 0.258 e. The predicted molar refractivity (Wildman–Crippen MR) is 99.0 cm³/mol. The van der Waals surface area contributed by atoms with Crippen molar-refractivity contribution >= 4 is 34.9 Å². The second-order valence-electron chi connectivity index (χ2n) is 6.96. The molecule has 2 aromatic heterocycles. The van der Waals surface area contributed by atoms with Crippen molar-refractivity contribution in [3.8, 4) is 11.5 Å². The molecule has 3 aromatic rings. The Bertz CT molecular complexity index is 947. The Morgan fingerprint density at radius 1 is 1.16 bits per heavy atom. The Labute approximate surface area is 156 Å². The summed E-state index contributed by atoms with van der Waals surface area (Å²) < 4.78 is 5.56. The molecule has 5 rings (SSSR count). The Kier molecular flexibility index (Phi) is 3.98. The number of aromatic nitrogens is 3. The summed E-state index contributed by atoms with van der Waals surface area (Å²) in [4.78, 5) is 9.38. The molecule has 2 aliphatic carbocycles. The summed E-state index contributed by atoms with van der Waals surface area (Å²) >= 11 is 6.19. The average Bonchev–Trinajstić information content (AvgIpc) is 3.29. The quantitative estimate of drug-likeness (QED) is 0.723. The van der Waals surface area contributed by atoms with Crippen molar-refractivity contribution in [3.63, 3.8) is 0 Å². The van der Waals surface area contributed by atoms with Crippen molar-refractivity contribution in [2.75, 3.05) is 0 Å². The maximum atomic E-state index is 6.32. The van der Waals surface area contributed by atoms with Crippen LogP contribution in [0.15, 0.2) is 28.8 Å². The van der Waals surface area contributed by atoms with Crippen molar-refractivity contribution in [3.05, 3.63) is 40.8 Å². The standard InChI is InChI=1S/C18H17ClN4O.ClH/c19-11-4-5-14-12(8-11)13(9-15(21-14)10-2-3-10)16-22-17(23-24-16)18(20)6-1-7-18;/h4-5,8-10H,1-3,6-7,20H2;1H. The number of hydrogen-bond donors (Lipinski definition) is 1. The molecular formula is C18H18Cl2N4O. The van der Waals surface area contributed by atoms with E-state index in [4.69, 9.17) is 26.8 Å². The molecular weight excluding hydrogens is 359 g/mol. The number of nitrogens with zero attached hydrogens (tertiary/aromatic N) is 3. The van der Waals surface area contributed by atoms with Gasteiger partial charge in [-0.25, -0.2) is 0 Å². The average molecular weight is 377 g/mol. The summed E-state index contributed by atoms with van der Waals surface area (Å²) in [5, 5.41) is 5.74. The summed E-state index contributed by atoms with van der Waals surface area (Å²) in [5.74, 6) is 1.64. The normalized spacial score (nSPS) is 18.6. The van der Waals surface area contributed by atoms with Crippen LogP contribution in [0.4, 0.5) is 0 Å². The van der Waals surface area contributed by atoms with Crippen LogP contribution in [0.3, 0.4) is 0 Å². The fourth-order valence-electron chi connectivity index (χ4n) is 3.30. The zero-order chi connectivity index (χ0) is 16.3. The van der Waals surface area contributed by atoms with E-state index < -0.39 is 5.54 Å². The van der Waals surface area contributed by atoms with E-state index in [1.54, 1.807) is 0 Å². The van der Waals surface area contributed by atoms with E-state index in [0.717, 1.165) is 41.4 Å². The van der Waals surface area contributed by atoms with E-state index in [2.05, 4.69) is 16.2 Å². The zero-order valence-electron chi connectivity index (χ0n) is 13.5. The number of pyridine rings is 1. The Hall–Kier alpha value is -1.69. The van der Waals surface area contributed by atoms with Gasteiger partial charge in [-0.1, -0.05) is 16.8 Å². The van der Waals surface area contributed by atoms with E-state index in [-0.39, 0.29) is 12.4 Å². The summed E-state index contributed by atoms with van der Waals surface area (Å²) in [6.07, 6.45) is 5.30. The third-order valence-electron chi connectivity index (χ3n) is 5.13. The second kappa shape index (κ2) is 5.94. The first-order valence-corrected chi connectivity index (χ1v) is 8.74. The third-order valence-corrected chi connectivity index (χ3v) is 5.37. The topological polar surface area (TPSA) is 77.8 Å². The lowest BCUT2D eigenvalue weighted by molar-refractivity contribution is 0.229. The molecule has 130 valence electrons. The maximum Gasteiger partial charge on any atom is 0.258 e. The van der Waals surface area contributed by atoms with Crippen LogP contribution in [0.25, 0.3) is 22.4 Å². The molecule has 0 atom stereocenters. The zero-order valence-corrected chi connectivity index (χ0v) is 15.1. The highest BCUT2D eigenvalue weighted by Gasteiger charge is 2.39. The highest BCUT2D eigenvalue weighted by molar-refractivity contribution is 6.31. The molecule has 0 aliphatic heterocycles. The van der Waals surface area contributed by atoms with E-state index in [1.165, 1.54) is 12.8 Å². The van der Waals surface area contributed by atoms with E-state index >= 15 is 0 Å². The minimum Gasteiger partial charge on any atom is -0.334 e. The van der Waals surface area contributed by atoms with Crippen molar-refractivity contribution in [2.45, 2.75) is 43.6 Å². The molecule has 0 bridgehead atoms. The molecule has 0 saturated heterocycles. The monoisotopic (exact) mass is 376 g/mol. The van der Waals surface area contributed by atoms with Crippen LogP contribution < -0.4 is 5.73 Å². The van der Waals surface area contributed by atoms with Crippen LogP contribution in [0.1, 0.15) is 49.5 Å². The highest BCUT2D eigenvalue weighted by Crippen LogP contribution is 2.42. The molecule has 1 aromatic carbocycles. The predicted octanol–water partition coefficient (Wildman–Crippen LogP) is 4.58. The van der Waals surface area contributed by atoms with Gasteiger partial charge in [0.15, 0.2) is 5.82 Å². The summed E-state index contributed by atoms with van der Waals surface area (Å²) in [6, 6.07) is 7.78. The Balaban J connectivity index is 0.00000157. The van der Waals surface area contributed by atoms with Crippen molar-refractivity contribution in [1.82, 2.24) is 15.1 Å². The number of halogens is 2. The Morgan fingerprint density at radius 2 is 1.96 bits per heavy atom. The van der Waals surface area contributed by atoms with Gasteiger partial charge in [0.05, 0.1) is 16.6 Å². The van der Waals surface area contributed by atoms with Gasteiger partial charge in [-0.2, -0.15) is 4.98 Å². The van der Waals surface area contributed by atoms with Gasteiger partial charge in [-0.05, 0) is 56.4 Å². The van der Waals surface area contributed by atoms with Gasteiger partial charge in [0.25, 0.3) is 5.89 Å². The Morgan fingerprint density at radius 3 is 2.64 bits per heavy atom. The molecule has 2 saturated carbocycles. The first kappa shape index (κ1) is 16.8. The minimum atomic E-state index is -0.429. The summed E-state index contributed by atoms with van der Waals surface area (Å²) in [6.45, 7) is 0. The molecule has 0 spiro atoms. The van der Waals surface area contributed by atoms with Crippen LogP contribution in [-0.2, 0) is 5.54 Å². The molecule has 25 heavy (non-hydrogen) atoms. The van der Waals surface area contributed by atoms with Gasteiger partial charge in [-0.3, -0.25) is 4.98 Å². The fourth-order valence-corrected chi connectivity index (χ4v) is 3.47. The third kappa shape index (κ3) is 2.80. The molecule has 2 aliphatic rings. The lowest BCUT2D eigenvalue weighted by Gasteiger charge is -2.34. The summed E-state index contributed by atoms with van der Waals surface area (Å²) in [7, 11) is 0. The van der Waals surface area contributed by atoms with Gasteiger partial charge in [0, 0.05) is 22.0 Å². The number of hydrogen-bond acceptors (Lipinski definition) is 5. The van der Waals surface area contributed by atoms with Gasteiger partial charge in [-0.15, -0.1) is 12.4 Å². The van der Waals surface area contributed by atoms with Crippen molar-refractivity contribution < 1.29 is 4.52 Å². The van der Waals surface area contributed by atoms with E-state index in [0.29, 0.717) is 22.7 Å². The minimum absolute atomic E-state index is 0. The van der Waals surface area contributed by atoms with Gasteiger partial charge >= 0.3 is 0 Å². The summed E-state index contributed by atoms with van der Waals surface area (Å²) in [5.41, 5.74) is 8.78. The number of fused-ring (bicyclic) bond motifs is 1. The number of nitrogens with two attached hydrogens (primary N) is 1. The molecule has 0 unspecified atom stereocenters. The molecule has 2 heterocycles. The maximum absolute atomic E-state index is 6.32. The number of benzene rings is 1. The SMILES string of the molecule is Cl.NC1(c2noc(-c3cc(C4CC4)nc4ccc(Cl)cc34)n2)CCC1. The van der Waals surface area contributed by atoms with Crippen molar-refractivity contribution in [2.24, 2.45) is 5.73 Å². The molecule has 0 amide bonds. The lowest BCUT2D eigenvalue weighted by atomic mass is 9.77. The van der Waals surface area contributed by atoms with Gasteiger partial charge in [0.2, 0.25) is 0 Å². The van der Waals surface area contributed by atoms with Crippen LogP contribution >= 0.6 is 24.0 Å². The largest absolute Gasteiger partial charge is 0.334 e. The highest BCUT2D eigenvalue weighted by atomic mass is 35.5. The second-order valence-corrected chi connectivity index (χ2v) is 7.40. The molecule has 2 fully saturated rings. The fraction of sp³-hybridized carbons (Fsp3) is 0.389. The van der Waals surface area contributed by atoms with Crippen LogP contribution in [0.2, 0.25) is 5.02 Å². The molecule has 0 radical (unpaired) electrons. The lowest BCUT2D eigenvalue weighted by Crippen LogP contribution is -2.44. The van der Waals surface area contributed by atoms with Crippen LogP contribution in [0, 0.1) is 0 Å².